The highest BCUT2D eigenvalue weighted by Gasteiger charge is 2.42. The van der Waals surface area contributed by atoms with E-state index in [1.54, 1.807) is 30.3 Å². The van der Waals surface area contributed by atoms with Crippen LogP contribution in [0.25, 0.3) is 44.3 Å². The molecule has 2 heterocycles. The lowest BCUT2D eigenvalue weighted by atomic mass is 9.62. The van der Waals surface area contributed by atoms with Crippen LogP contribution in [0.5, 0.6) is 0 Å². The van der Waals surface area contributed by atoms with E-state index in [0.717, 1.165) is 34.7 Å². The van der Waals surface area contributed by atoms with Crippen molar-refractivity contribution in [3.63, 3.8) is 0 Å². The molecule has 10 heteroatoms. The molecule has 1 aliphatic rings. The van der Waals surface area contributed by atoms with E-state index in [2.05, 4.69) is 31.4 Å². The Hall–Kier alpha value is -4.20. The molecule has 2 atom stereocenters. The van der Waals surface area contributed by atoms with E-state index in [1.807, 2.05) is 66.7 Å². The lowest BCUT2D eigenvalue weighted by Gasteiger charge is -2.47. The molecule has 7 rings (SSSR count). The maximum atomic E-state index is 14.1. The zero-order valence-corrected chi connectivity index (χ0v) is 31.9. The summed E-state index contributed by atoms with van der Waals surface area (Å²) in [5.41, 5.74) is 4.87. The van der Waals surface area contributed by atoms with E-state index in [1.165, 1.54) is 0 Å². The van der Waals surface area contributed by atoms with Crippen LogP contribution in [-0.2, 0) is 0 Å². The molecule has 0 aliphatic heterocycles. The van der Waals surface area contributed by atoms with Crippen LogP contribution < -0.4 is 10.6 Å². The zero-order chi connectivity index (χ0) is 36.8. The molecule has 0 bridgehead atoms. The molecule has 6 aromatic rings. The standard InChI is InChI=1S/C42H36Cl4N4O2/c1-41(2)20-26(48-40(52)30-19-38(25-13-15-32(44)34(46)17-25)50-36-11-7-5-9-28(30)36)21-42(3,22-41)23-47-39(51)29-18-37(24-12-14-31(43)33(45)16-24)49-35-10-6-4-8-27(29)35/h4-19,26H,20-23H2,1-3H3,(H,47,51)(H,48,52). The fraction of sp³-hybridized carbons (Fsp3) is 0.238. The first-order valence-electron chi connectivity index (χ1n) is 17.1. The van der Waals surface area contributed by atoms with Crippen molar-refractivity contribution in [3.8, 4) is 22.5 Å². The Morgan fingerprint density at radius 1 is 0.654 bits per heavy atom. The highest BCUT2D eigenvalue weighted by atomic mass is 35.5. The predicted octanol–water partition coefficient (Wildman–Crippen LogP) is 11.5. The molecule has 1 saturated carbocycles. The molecule has 2 unspecified atom stereocenters. The molecule has 52 heavy (non-hydrogen) atoms. The van der Waals surface area contributed by atoms with Gasteiger partial charge in [-0.1, -0.05) is 116 Å². The first kappa shape index (κ1) is 36.2. The molecule has 2 aromatic heterocycles. The van der Waals surface area contributed by atoms with Crippen LogP contribution in [0.1, 0.15) is 60.7 Å². The number of amides is 2. The summed E-state index contributed by atoms with van der Waals surface area (Å²) in [6.45, 7) is 7.05. The van der Waals surface area contributed by atoms with Gasteiger partial charge in [0.1, 0.15) is 0 Å². The first-order chi connectivity index (χ1) is 24.8. The van der Waals surface area contributed by atoms with Gasteiger partial charge in [-0.25, -0.2) is 9.97 Å². The summed E-state index contributed by atoms with van der Waals surface area (Å²) in [4.78, 5) is 37.8. The number of hydrogen-bond acceptors (Lipinski definition) is 4. The van der Waals surface area contributed by atoms with Gasteiger partial charge in [0, 0.05) is 34.5 Å². The van der Waals surface area contributed by atoms with Gasteiger partial charge in [0.15, 0.2) is 0 Å². The predicted molar refractivity (Wildman–Crippen MR) is 214 cm³/mol. The number of pyridine rings is 2. The van der Waals surface area contributed by atoms with Crippen molar-refractivity contribution >= 4 is 80.0 Å². The summed E-state index contributed by atoms with van der Waals surface area (Å²) in [6, 6.07) is 29.4. The molecular formula is C42H36Cl4N4O2. The molecular weight excluding hydrogens is 734 g/mol. The fourth-order valence-electron chi connectivity index (χ4n) is 7.86. The zero-order valence-electron chi connectivity index (χ0n) is 28.9. The van der Waals surface area contributed by atoms with Gasteiger partial charge in [-0.3, -0.25) is 9.59 Å². The molecule has 0 saturated heterocycles. The topological polar surface area (TPSA) is 84.0 Å². The third-order valence-corrected chi connectivity index (χ3v) is 11.3. The van der Waals surface area contributed by atoms with Crippen LogP contribution >= 0.6 is 46.4 Å². The van der Waals surface area contributed by atoms with Gasteiger partial charge in [0.25, 0.3) is 11.8 Å². The van der Waals surface area contributed by atoms with E-state index in [4.69, 9.17) is 56.4 Å². The second-order valence-corrected chi connectivity index (χ2v) is 16.4. The number of aromatic nitrogens is 2. The minimum absolute atomic E-state index is 0.0917. The second-order valence-electron chi connectivity index (χ2n) is 14.8. The number of benzene rings is 4. The summed E-state index contributed by atoms with van der Waals surface area (Å²) < 4.78 is 0. The summed E-state index contributed by atoms with van der Waals surface area (Å²) in [6.07, 6.45) is 2.36. The third kappa shape index (κ3) is 7.62. The van der Waals surface area contributed by atoms with E-state index in [-0.39, 0.29) is 28.7 Å². The number of rotatable bonds is 7. The third-order valence-electron chi connectivity index (χ3n) is 9.81. The lowest BCUT2D eigenvalue weighted by Crippen LogP contribution is -2.50. The molecule has 0 radical (unpaired) electrons. The molecule has 1 aliphatic carbocycles. The highest BCUT2D eigenvalue weighted by Crippen LogP contribution is 2.46. The Balaban J connectivity index is 1.13. The fourth-order valence-corrected chi connectivity index (χ4v) is 8.45. The summed E-state index contributed by atoms with van der Waals surface area (Å²) in [5.74, 6) is -0.365. The van der Waals surface area contributed by atoms with Crippen molar-refractivity contribution in [2.75, 3.05) is 6.54 Å². The van der Waals surface area contributed by atoms with Crippen LogP contribution in [0.3, 0.4) is 0 Å². The number of halogens is 4. The van der Waals surface area contributed by atoms with Crippen LogP contribution in [0.4, 0.5) is 0 Å². The molecule has 2 N–H and O–H groups in total. The average molecular weight is 771 g/mol. The number of para-hydroxylation sites is 2. The number of hydrogen-bond donors (Lipinski definition) is 2. The second kappa shape index (κ2) is 14.3. The molecule has 0 spiro atoms. The van der Waals surface area contributed by atoms with Crippen molar-refractivity contribution < 1.29 is 9.59 Å². The van der Waals surface area contributed by atoms with E-state index >= 15 is 0 Å². The normalized spacial score (nSPS) is 18.3. The minimum atomic E-state index is -0.295. The van der Waals surface area contributed by atoms with Gasteiger partial charge >= 0.3 is 0 Å². The van der Waals surface area contributed by atoms with Gasteiger partial charge in [0.05, 0.1) is 53.6 Å². The number of nitrogens with zero attached hydrogens (tertiary/aromatic N) is 2. The number of carbonyl (C=O) groups is 2. The van der Waals surface area contributed by atoms with Crippen molar-refractivity contribution in [2.24, 2.45) is 10.8 Å². The van der Waals surface area contributed by atoms with Crippen LogP contribution in [-0.4, -0.2) is 34.4 Å². The van der Waals surface area contributed by atoms with Gasteiger partial charge in [-0.2, -0.15) is 0 Å². The SMILES string of the molecule is CC1(C)CC(NC(=O)c2cc(-c3ccc(Cl)c(Cl)c3)nc3ccccc23)CC(C)(CNC(=O)c2cc(-c3ccc(Cl)c(Cl)c3)nc3ccccc23)C1. The van der Waals surface area contributed by atoms with Crippen molar-refractivity contribution in [2.45, 2.75) is 46.1 Å². The largest absolute Gasteiger partial charge is 0.351 e. The summed E-state index contributed by atoms with van der Waals surface area (Å²) >= 11 is 25.0. The van der Waals surface area contributed by atoms with Crippen LogP contribution in [0, 0.1) is 10.8 Å². The Morgan fingerprint density at radius 2 is 1.15 bits per heavy atom. The average Bonchev–Trinajstić information content (AvgIpc) is 3.11. The number of carbonyl (C=O) groups excluding carboxylic acids is 2. The van der Waals surface area contributed by atoms with Crippen LogP contribution in [0.15, 0.2) is 97.1 Å². The lowest BCUT2D eigenvalue weighted by molar-refractivity contribution is 0.0593. The van der Waals surface area contributed by atoms with Gasteiger partial charge in [-0.05, 0) is 78.6 Å². The first-order valence-corrected chi connectivity index (χ1v) is 18.6. The molecule has 264 valence electrons. The smallest absolute Gasteiger partial charge is 0.252 e. The highest BCUT2D eigenvalue weighted by molar-refractivity contribution is 6.42. The number of fused-ring (bicyclic) bond motifs is 2. The maximum Gasteiger partial charge on any atom is 0.252 e. The van der Waals surface area contributed by atoms with Gasteiger partial charge in [0.2, 0.25) is 0 Å². The molecule has 1 fully saturated rings. The summed E-state index contributed by atoms with van der Waals surface area (Å²) in [5, 5.41) is 9.86. The van der Waals surface area contributed by atoms with E-state index in [9.17, 15) is 9.59 Å². The van der Waals surface area contributed by atoms with E-state index in [0.29, 0.717) is 66.6 Å². The molecule has 4 aromatic carbocycles. The van der Waals surface area contributed by atoms with Crippen LogP contribution in [0.2, 0.25) is 20.1 Å². The Bertz CT molecular complexity index is 2380. The monoisotopic (exact) mass is 768 g/mol. The van der Waals surface area contributed by atoms with Crippen molar-refractivity contribution in [3.05, 3.63) is 128 Å². The van der Waals surface area contributed by atoms with Gasteiger partial charge < -0.3 is 10.6 Å². The Labute approximate surface area is 322 Å². The Morgan fingerprint density at radius 3 is 1.67 bits per heavy atom. The quantitative estimate of drug-likeness (QED) is 0.169. The number of nitrogens with one attached hydrogen (secondary N) is 2. The van der Waals surface area contributed by atoms with Crippen molar-refractivity contribution in [1.82, 2.24) is 20.6 Å². The Kier molecular flexibility index (Phi) is 9.96. The molecule has 2 amide bonds. The minimum Gasteiger partial charge on any atom is -0.351 e. The maximum absolute atomic E-state index is 14.1. The van der Waals surface area contributed by atoms with E-state index < -0.39 is 0 Å². The van der Waals surface area contributed by atoms with Gasteiger partial charge in [-0.15, -0.1) is 0 Å². The van der Waals surface area contributed by atoms with Crippen molar-refractivity contribution in [1.29, 1.82) is 0 Å². The molecule has 6 nitrogen and oxygen atoms in total. The summed E-state index contributed by atoms with van der Waals surface area (Å²) in [7, 11) is 0.